The number of rotatable bonds is 4. The molecule has 2 aromatic carbocycles. The Morgan fingerprint density at radius 2 is 1.74 bits per heavy atom. The average molecular weight is 352 g/mol. The lowest BCUT2D eigenvalue weighted by Gasteiger charge is -2.07. The molecule has 0 bridgehead atoms. The van der Waals surface area contributed by atoms with E-state index < -0.39 is 0 Å². The third-order valence-corrected chi connectivity index (χ3v) is 4.46. The summed E-state index contributed by atoms with van der Waals surface area (Å²) in [6.07, 6.45) is 3.56. The Morgan fingerprint density at radius 1 is 0.815 bits per heavy atom. The first kappa shape index (κ1) is 15.5. The summed E-state index contributed by atoms with van der Waals surface area (Å²) in [4.78, 5) is 13.5. The van der Waals surface area contributed by atoms with Crippen molar-refractivity contribution in [2.75, 3.05) is 0 Å². The molecule has 0 unspecified atom stereocenters. The van der Waals surface area contributed by atoms with Gasteiger partial charge in [-0.3, -0.25) is 9.55 Å². The van der Waals surface area contributed by atoms with Gasteiger partial charge in [0.15, 0.2) is 0 Å². The van der Waals surface area contributed by atoms with E-state index >= 15 is 0 Å². The van der Waals surface area contributed by atoms with Gasteiger partial charge in [-0.15, -0.1) is 0 Å². The lowest BCUT2D eigenvalue weighted by atomic mass is 10.2. The molecule has 5 heteroatoms. The second-order valence-corrected chi connectivity index (χ2v) is 6.24. The molecule has 3 heterocycles. The minimum absolute atomic E-state index is 0.430. The number of para-hydroxylation sites is 1. The highest BCUT2D eigenvalue weighted by Crippen LogP contribution is 2.23. The van der Waals surface area contributed by atoms with Crippen molar-refractivity contribution in [1.82, 2.24) is 19.5 Å². The Bertz CT molecular complexity index is 1230. The van der Waals surface area contributed by atoms with Gasteiger partial charge in [0.2, 0.25) is 0 Å². The number of aromatic nitrogens is 4. The van der Waals surface area contributed by atoms with Crippen molar-refractivity contribution in [3.63, 3.8) is 0 Å². The maximum Gasteiger partial charge on any atom is 0.139 e. The fraction of sp³-hybridized carbons (Fsp3) is 0.0455. The fourth-order valence-corrected chi connectivity index (χ4v) is 3.10. The standard InChI is InChI=1S/C22H16N4O/c1-2-7-19-16(5-1)8-11-22(25-19)26-15-24-20-13-18(9-10-21(20)26)27-14-17-6-3-4-12-23-17/h1-13,15H,14H2. The van der Waals surface area contributed by atoms with Crippen LogP contribution in [-0.4, -0.2) is 19.5 Å². The van der Waals surface area contributed by atoms with Crippen molar-refractivity contribution in [1.29, 1.82) is 0 Å². The Labute approximate surface area is 155 Å². The maximum atomic E-state index is 5.85. The topological polar surface area (TPSA) is 52.8 Å². The lowest BCUT2D eigenvalue weighted by Crippen LogP contribution is -1.98. The van der Waals surface area contributed by atoms with Crippen molar-refractivity contribution in [2.24, 2.45) is 0 Å². The van der Waals surface area contributed by atoms with Crippen molar-refractivity contribution >= 4 is 21.9 Å². The highest BCUT2D eigenvalue weighted by Gasteiger charge is 2.08. The smallest absolute Gasteiger partial charge is 0.139 e. The molecule has 130 valence electrons. The quantitative estimate of drug-likeness (QED) is 0.476. The van der Waals surface area contributed by atoms with Crippen LogP contribution in [0.5, 0.6) is 5.75 Å². The number of benzene rings is 2. The van der Waals surface area contributed by atoms with Gasteiger partial charge in [-0.1, -0.05) is 24.3 Å². The number of nitrogens with zero attached hydrogens (tertiary/aromatic N) is 4. The van der Waals surface area contributed by atoms with Gasteiger partial charge in [-0.25, -0.2) is 9.97 Å². The van der Waals surface area contributed by atoms with Gasteiger partial charge in [0.25, 0.3) is 0 Å². The second-order valence-electron chi connectivity index (χ2n) is 6.24. The van der Waals surface area contributed by atoms with Gasteiger partial charge in [0, 0.05) is 17.6 Å². The summed E-state index contributed by atoms with van der Waals surface area (Å²) in [5.41, 5.74) is 3.71. The minimum atomic E-state index is 0.430. The third kappa shape index (κ3) is 3.00. The summed E-state index contributed by atoms with van der Waals surface area (Å²) >= 11 is 0. The summed E-state index contributed by atoms with van der Waals surface area (Å²) in [7, 11) is 0. The summed E-state index contributed by atoms with van der Waals surface area (Å²) < 4.78 is 7.84. The van der Waals surface area contributed by atoms with E-state index in [0.29, 0.717) is 6.61 Å². The predicted molar refractivity (Wildman–Crippen MR) is 105 cm³/mol. The second kappa shape index (κ2) is 6.53. The number of pyridine rings is 2. The number of ether oxygens (including phenoxy) is 1. The van der Waals surface area contributed by atoms with Gasteiger partial charge in [0.1, 0.15) is 24.5 Å². The van der Waals surface area contributed by atoms with E-state index in [1.54, 1.807) is 12.5 Å². The Kier molecular flexibility index (Phi) is 3.76. The van der Waals surface area contributed by atoms with E-state index in [0.717, 1.165) is 39.2 Å². The zero-order valence-corrected chi connectivity index (χ0v) is 14.5. The number of fused-ring (bicyclic) bond motifs is 2. The first-order chi connectivity index (χ1) is 13.4. The first-order valence-electron chi connectivity index (χ1n) is 8.73. The van der Waals surface area contributed by atoms with Crippen LogP contribution < -0.4 is 4.74 Å². The van der Waals surface area contributed by atoms with Crippen LogP contribution in [0.2, 0.25) is 0 Å². The van der Waals surface area contributed by atoms with Crippen LogP contribution in [0.3, 0.4) is 0 Å². The fourth-order valence-electron chi connectivity index (χ4n) is 3.10. The highest BCUT2D eigenvalue weighted by molar-refractivity contribution is 5.81. The molecular weight excluding hydrogens is 336 g/mol. The van der Waals surface area contributed by atoms with Gasteiger partial charge >= 0.3 is 0 Å². The largest absolute Gasteiger partial charge is 0.487 e. The third-order valence-electron chi connectivity index (χ3n) is 4.46. The summed E-state index contributed by atoms with van der Waals surface area (Å²) in [6, 6.07) is 23.9. The summed E-state index contributed by atoms with van der Waals surface area (Å²) in [5.74, 6) is 1.61. The van der Waals surface area contributed by atoms with Crippen molar-refractivity contribution in [3.05, 3.63) is 91.0 Å². The molecule has 0 aliphatic rings. The van der Waals surface area contributed by atoms with Crippen molar-refractivity contribution < 1.29 is 4.74 Å². The number of imidazole rings is 1. The van der Waals surface area contributed by atoms with Gasteiger partial charge < -0.3 is 4.74 Å². The van der Waals surface area contributed by atoms with E-state index in [1.165, 1.54) is 0 Å². The van der Waals surface area contributed by atoms with E-state index in [-0.39, 0.29) is 0 Å². The molecule has 5 nitrogen and oxygen atoms in total. The normalized spacial score (nSPS) is 11.1. The first-order valence-corrected chi connectivity index (χ1v) is 8.73. The lowest BCUT2D eigenvalue weighted by molar-refractivity contribution is 0.301. The number of hydrogen-bond acceptors (Lipinski definition) is 4. The molecule has 0 radical (unpaired) electrons. The monoisotopic (exact) mass is 352 g/mol. The molecule has 5 rings (SSSR count). The van der Waals surface area contributed by atoms with Crippen LogP contribution in [0.1, 0.15) is 5.69 Å². The Balaban J connectivity index is 1.46. The summed E-state index contributed by atoms with van der Waals surface area (Å²) in [5, 5.41) is 1.12. The molecule has 0 saturated heterocycles. The van der Waals surface area contributed by atoms with E-state index in [4.69, 9.17) is 9.72 Å². The Hall–Kier alpha value is -3.73. The Morgan fingerprint density at radius 3 is 2.67 bits per heavy atom. The molecule has 5 aromatic rings. The highest BCUT2D eigenvalue weighted by atomic mass is 16.5. The zero-order chi connectivity index (χ0) is 18.1. The predicted octanol–water partition coefficient (Wildman–Crippen LogP) is 4.55. The van der Waals surface area contributed by atoms with Gasteiger partial charge in [-0.05, 0) is 42.5 Å². The van der Waals surface area contributed by atoms with E-state index in [2.05, 4.69) is 22.1 Å². The van der Waals surface area contributed by atoms with Crippen LogP contribution in [0.15, 0.2) is 85.3 Å². The molecular formula is C22H16N4O. The molecule has 0 N–H and O–H groups in total. The molecule has 0 aliphatic heterocycles. The number of hydrogen-bond donors (Lipinski definition) is 0. The van der Waals surface area contributed by atoms with Crippen molar-refractivity contribution in [3.8, 4) is 11.6 Å². The van der Waals surface area contributed by atoms with Crippen LogP contribution in [0.25, 0.3) is 27.8 Å². The van der Waals surface area contributed by atoms with Crippen LogP contribution in [0.4, 0.5) is 0 Å². The van der Waals surface area contributed by atoms with Gasteiger partial charge in [0.05, 0.1) is 22.2 Å². The molecule has 0 amide bonds. The van der Waals surface area contributed by atoms with Crippen LogP contribution in [0, 0.1) is 0 Å². The molecule has 0 saturated carbocycles. The molecule has 0 atom stereocenters. The zero-order valence-electron chi connectivity index (χ0n) is 14.5. The minimum Gasteiger partial charge on any atom is -0.487 e. The molecule has 3 aromatic heterocycles. The van der Waals surface area contributed by atoms with Crippen molar-refractivity contribution in [2.45, 2.75) is 6.61 Å². The van der Waals surface area contributed by atoms with Gasteiger partial charge in [-0.2, -0.15) is 0 Å². The molecule has 27 heavy (non-hydrogen) atoms. The van der Waals surface area contributed by atoms with E-state index in [1.807, 2.05) is 65.2 Å². The summed E-state index contributed by atoms with van der Waals surface area (Å²) in [6.45, 7) is 0.430. The van der Waals surface area contributed by atoms with Crippen LogP contribution >= 0.6 is 0 Å². The average Bonchev–Trinajstić information content (AvgIpc) is 3.16. The molecule has 0 spiro atoms. The maximum absolute atomic E-state index is 5.85. The van der Waals surface area contributed by atoms with Crippen LogP contribution in [-0.2, 0) is 6.61 Å². The SMILES string of the molecule is c1ccc(COc2ccc3c(c2)ncn3-c2ccc3ccccc3n2)nc1. The molecule has 0 aliphatic carbocycles. The van der Waals surface area contributed by atoms with E-state index in [9.17, 15) is 0 Å². The molecule has 0 fully saturated rings.